The van der Waals surface area contributed by atoms with Gasteiger partial charge in [0.1, 0.15) is 6.29 Å². The second kappa shape index (κ2) is 6.33. The van der Waals surface area contributed by atoms with E-state index >= 15 is 0 Å². The van der Waals surface area contributed by atoms with Gasteiger partial charge in [-0.25, -0.2) is 0 Å². The summed E-state index contributed by atoms with van der Waals surface area (Å²) in [6.45, 7) is 4.88. The molecule has 58 valence electrons. The summed E-state index contributed by atoms with van der Waals surface area (Å²) in [7, 11) is 0. The minimum absolute atomic E-state index is 0.746. The van der Waals surface area contributed by atoms with Crippen LogP contribution in [0.4, 0.5) is 0 Å². The zero-order valence-corrected chi connectivity index (χ0v) is 6.68. The van der Waals surface area contributed by atoms with Gasteiger partial charge in [0.15, 0.2) is 0 Å². The van der Waals surface area contributed by atoms with Crippen LogP contribution >= 0.6 is 0 Å². The maximum absolute atomic E-state index is 10.1. The van der Waals surface area contributed by atoms with Crippen molar-refractivity contribution >= 4 is 6.29 Å². The summed E-state index contributed by atoms with van der Waals surface area (Å²) in [5, 5.41) is 3.04. The molecule has 2 nitrogen and oxygen atoms in total. The van der Waals surface area contributed by atoms with E-state index in [2.05, 4.69) is 12.2 Å². The second-order valence-electron chi connectivity index (χ2n) is 2.31. The van der Waals surface area contributed by atoms with Crippen molar-refractivity contribution in [2.45, 2.75) is 26.7 Å². The van der Waals surface area contributed by atoms with Crippen LogP contribution in [0.5, 0.6) is 0 Å². The minimum atomic E-state index is 0.746. The first-order chi connectivity index (χ1) is 4.81. The fourth-order valence-corrected chi connectivity index (χ4v) is 0.546. The summed E-state index contributed by atoms with van der Waals surface area (Å²) in [6.07, 6.45) is 4.94. The average molecular weight is 141 g/mol. The number of aldehydes is 1. The van der Waals surface area contributed by atoms with Crippen molar-refractivity contribution < 1.29 is 4.79 Å². The Labute approximate surface area is 62.3 Å². The Morgan fingerprint density at radius 2 is 2.30 bits per heavy atom. The van der Waals surface area contributed by atoms with Gasteiger partial charge in [0.25, 0.3) is 0 Å². The summed E-state index contributed by atoms with van der Waals surface area (Å²) in [5.41, 5.74) is 0.746. The molecule has 0 aliphatic heterocycles. The SMILES string of the molecule is CCCCNC=C(C)C=O. The van der Waals surface area contributed by atoms with Crippen molar-refractivity contribution in [2.75, 3.05) is 6.54 Å². The molecule has 0 bridgehead atoms. The van der Waals surface area contributed by atoms with Crippen molar-refractivity contribution in [3.05, 3.63) is 11.8 Å². The molecule has 0 heterocycles. The van der Waals surface area contributed by atoms with Crippen LogP contribution in [0.2, 0.25) is 0 Å². The molecule has 0 aliphatic carbocycles. The Balaban J connectivity index is 3.24. The zero-order chi connectivity index (χ0) is 7.82. The lowest BCUT2D eigenvalue weighted by Crippen LogP contribution is -2.07. The van der Waals surface area contributed by atoms with Gasteiger partial charge in [-0.2, -0.15) is 0 Å². The molecule has 0 spiro atoms. The standard InChI is InChI=1S/C8H15NO/c1-3-4-5-9-6-8(2)7-10/h6-7,9H,3-5H2,1-2H3. The van der Waals surface area contributed by atoms with Gasteiger partial charge in [-0.15, -0.1) is 0 Å². The maximum atomic E-state index is 10.1. The van der Waals surface area contributed by atoms with E-state index in [-0.39, 0.29) is 0 Å². The minimum Gasteiger partial charge on any atom is -0.391 e. The third-order valence-electron chi connectivity index (χ3n) is 1.19. The van der Waals surface area contributed by atoms with Gasteiger partial charge in [-0.1, -0.05) is 13.3 Å². The number of carbonyl (C=O) groups excluding carboxylic acids is 1. The Morgan fingerprint density at radius 3 is 2.80 bits per heavy atom. The molecule has 0 aromatic carbocycles. The van der Waals surface area contributed by atoms with Gasteiger partial charge >= 0.3 is 0 Å². The molecule has 0 amide bonds. The lowest BCUT2D eigenvalue weighted by atomic mass is 10.3. The molecule has 0 radical (unpaired) electrons. The van der Waals surface area contributed by atoms with Crippen LogP contribution < -0.4 is 5.32 Å². The maximum Gasteiger partial charge on any atom is 0.147 e. The third kappa shape index (κ3) is 5.35. The molecular weight excluding hydrogens is 126 g/mol. The molecule has 10 heavy (non-hydrogen) atoms. The van der Waals surface area contributed by atoms with Gasteiger partial charge < -0.3 is 5.32 Å². The van der Waals surface area contributed by atoms with Gasteiger partial charge in [-0.05, 0) is 13.3 Å². The van der Waals surface area contributed by atoms with Crippen LogP contribution in [0, 0.1) is 0 Å². The lowest BCUT2D eigenvalue weighted by Gasteiger charge is -1.97. The third-order valence-corrected chi connectivity index (χ3v) is 1.19. The Bertz CT molecular complexity index is 118. The van der Waals surface area contributed by atoms with Gasteiger partial charge in [-0.3, -0.25) is 4.79 Å². The Hall–Kier alpha value is -0.790. The van der Waals surface area contributed by atoms with Gasteiger partial charge in [0.05, 0.1) is 0 Å². The summed E-state index contributed by atoms with van der Waals surface area (Å²) >= 11 is 0. The largest absolute Gasteiger partial charge is 0.391 e. The zero-order valence-electron chi connectivity index (χ0n) is 6.68. The highest BCUT2D eigenvalue weighted by atomic mass is 16.1. The summed E-state index contributed by atoms with van der Waals surface area (Å²) in [6, 6.07) is 0. The summed E-state index contributed by atoms with van der Waals surface area (Å²) in [4.78, 5) is 10.1. The molecule has 0 aromatic heterocycles. The molecule has 0 unspecified atom stereocenters. The van der Waals surface area contributed by atoms with Crippen LogP contribution in [-0.2, 0) is 4.79 Å². The first-order valence-electron chi connectivity index (χ1n) is 3.66. The van der Waals surface area contributed by atoms with E-state index < -0.39 is 0 Å². The number of rotatable bonds is 5. The first kappa shape index (κ1) is 9.21. The number of hydrogen-bond acceptors (Lipinski definition) is 2. The Kier molecular flexibility index (Phi) is 5.83. The van der Waals surface area contributed by atoms with Crippen molar-refractivity contribution in [2.24, 2.45) is 0 Å². The van der Waals surface area contributed by atoms with Gasteiger partial charge in [0, 0.05) is 18.3 Å². The molecule has 0 aromatic rings. The summed E-state index contributed by atoms with van der Waals surface area (Å²) in [5.74, 6) is 0. The summed E-state index contributed by atoms with van der Waals surface area (Å²) < 4.78 is 0. The first-order valence-corrected chi connectivity index (χ1v) is 3.66. The number of allylic oxidation sites excluding steroid dienone is 1. The van der Waals surface area contributed by atoms with E-state index in [1.165, 1.54) is 6.42 Å². The predicted molar refractivity (Wildman–Crippen MR) is 42.7 cm³/mol. The molecule has 0 fully saturated rings. The molecule has 0 atom stereocenters. The van der Waals surface area contributed by atoms with E-state index in [9.17, 15) is 4.79 Å². The van der Waals surface area contributed by atoms with E-state index in [1.54, 1.807) is 13.1 Å². The van der Waals surface area contributed by atoms with Crippen LogP contribution in [-0.4, -0.2) is 12.8 Å². The van der Waals surface area contributed by atoms with Crippen molar-refractivity contribution in [1.29, 1.82) is 0 Å². The number of hydrogen-bond donors (Lipinski definition) is 1. The molecule has 0 saturated heterocycles. The lowest BCUT2D eigenvalue weighted by molar-refractivity contribution is -0.104. The normalized spacial score (nSPS) is 11.2. The molecule has 0 saturated carbocycles. The highest BCUT2D eigenvalue weighted by molar-refractivity contribution is 5.71. The fraction of sp³-hybridized carbons (Fsp3) is 0.625. The molecule has 0 aliphatic rings. The highest BCUT2D eigenvalue weighted by Gasteiger charge is 1.82. The quantitative estimate of drug-likeness (QED) is 0.357. The molecule has 1 N–H and O–H groups in total. The predicted octanol–water partition coefficient (Wildman–Crippen LogP) is 1.48. The van der Waals surface area contributed by atoms with Gasteiger partial charge in [0.2, 0.25) is 0 Å². The molecule has 2 heteroatoms. The van der Waals surface area contributed by atoms with E-state index in [4.69, 9.17) is 0 Å². The van der Waals surface area contributed by atoms with Crippen LogP contribution in [0.15, 0.2) is 11.8 Å². The number of nitrogens with one attached hydrogen (secondary N) is 1. The average Bonchev–Trinajstić information content (AvgIpc) is 1.98. The van der Waals surface area contributed by atoms with Crippen molar-refractivity contribution in [3.8, 4) is 0 Å². The number of carbonyl (C=O) groups is 1. The second-order valence-corrected chi connectivity index (χ2v) is 2.31. The van der Waals surface area contributed by atoms with Crippen LogP contribution in [0.1, 0.15) is 26.7 Å². The van der Waals surface area contributed by atoms with E-state index in [0.29, 0.717) is 0 Å². The van der Waals surface area contributed by atoms with Crippen LogP contribution in [0.3, 0.4) is 0 Å². The van der Waals surface area contributed by atoms with Crippen LogP contribution in [0.25, 0.3) is 0 Å². The number of unbranched alkanes of at least 4 members (excludes halogenated alkanes) is 1. The molecule has 0 rings (SSSR count). The topological polar surface area (TPSA) is 29.1 Å². The van der Waals surface area contributed by atoms with Crippen molar-refractivity contribution in [1.82, 2.24) is 5.32 Å². The van der Waals surface area contributed by atoms with E-state index in [1.807, 2.05) is 0 Å². The highest BCUT2D eigenvalue weighted by Crippen LogP contribution is 1.85. The fourth-order valence-electron chi connectivity index (χ4n) is 0.546. The monoisotopic (exact) mass is 141 g/mol. The Morgan fingerprint density at radius 1 is 1.60 bits per heavy atom. The smallest absolute Gasteiger partial charge is 0.147 e. The molecular formula is C8H15NO. The van der Waals surface area contributed by atoms with Crippen molar-refractivity contribution in [3.63, 3.8) is 0 Å². The van der Waals surface area contributed by atoms with E-state index in [0.717, 1.165) is 24.8 Å².